The Morgan fingerprint density at radius 3 is 1.36 bits per heavy atom. The Kier molecular flexibility index (Phi) is 47.3. The lowest BCUT2D eigenvalue weighted by molar-refractivity contribution is -0.359. The third-order valence-corrected chi connectivity index (χ3v) is 15.3. The Balaban J connectivity index is 1.75. The van der Waals surface area contributed by atoms with Crippen molar-refractivity contribution in [1.29, 1.82) is 0 Å². The van der Waals surface area contributed by atoms with Gasteiger partial charge in [0.25, 0.3) is 0 Å². The van der Waals surface area contributed by atoms with Crippen LogP contribution in [0.15, 0.2) is 85.1 Å². The molecule has 0 aromatic carbocycles. The van der Waals surface area contributed by atoms with Crippen LogP contribution in [0.3, 0.4) is 0 Å². The van der Waals surface area contributed by atoms with Crippen LogP contribution in [-0.2, 0) is 23.7 Å². The van der Waals surface area contributed by atoms with Gasteiger partial charge < -0.3 is 65.1 Å². The first kappa shape index (κ1) is 74.3. The Bertz CT molecular complexity index is 1680. The quantitative estimate of drug-likeness (QED) is 0.0204. The second-order valence-electron chi connectivity index (χ2n) is 22.5. The van der Waals surface area contributed by atoms with Crippen molar-refractivity contribution in [2.24, 2.45) is 0 Å². The fourth-order valence-corrected chi connectivity index (χ4v) is 10.2. The molecule has 2 heterocycles. The molecule has 2 fully saturated rings. The number of aliphatic hydroxyl groups is 8. The number of rotatable bonds is 51. The lowest BCUT2D eigenvalue weighted by Gasteiger charge is -2.46. The molecule has 12 atom stereocenters. The molecule has 0 aromatic heterocycles. The van der Waals surface area contributed by atoms with Crippen molar-refractivity contribution >= 4 is 5.91 Å². The van der Waals surface area contributed by atoms with Crippen molar-refractivity contribution < 1.29 is 64.6 Å². The van der Waals surface area contributed by atoms with Crippen molar-refractivity contribution in [2.75, 3.05) is 19.8 Å². The molecule has 9 N–H and O–H groups in total. The van der Waals surface area contributed by atoms with Gasteiger partial charge in [-0.3, -0.25) is 4.79 Å². The van der Waals surface area contributed by atoms with Gasteiger partial charge in [0, 0.05) is 6.42 Å². The highest BCUT2D eigenvalue weighted by Crippen LogP contribution is 2.30. The van der Waals surface area contributed by atoms with Gasteiger partial charge in [0.2, 0.25) is 5.91 Å². The van der Waals surface area contributed by atoms with E-state index in [4.69, 9.17) is 18.9 Å². The van der Waals surface area contributed by atoms with Crippen molar-refractivity contribution in [1.82, 2.24) is 5.32 Å². The summed E-state index contributed by atoms with van der Waals surface area (Å²) in [6.07, 6.45) is 53.3. The van der Waals surface area contributed by atoms with Crippen LogP contribution in [0, 0.1) is 0 Å². The molecule has 0 aromatic rings. The van der Waals surface area contributed by atoms with Gasteiger partial charge >= 0.3 is 0 Å². The SMILES string of the molecule is CC/C=C\C/C=C\C/C=C\C/C=C\C/C=C\CCCCCCCCCCCC(=O)NC(COC1OC(CO)C(OC2OC(CO)C(O)C(O)C2O)C(O)C1O)C(O)/C=C/CC/C=C/CCCCCCCCCCCCCCCCCC. The number of unbranched alkanes of at least 4 members (excludes halogenated alkanes) is 26. The molecule has 14 heteroatoms. The molecule has 0 bridgehead atoms. The van der Waals surface area contributed by atoms with E-state index in [1.54, 1.807) is 6.08 Å². The van der Waals surface area contributed by atoms with Gasteiger partial charge in [-0.25, -0.2) is 0 Å². The van der Waals surface area contributed by atoms with Crippen molar-refractivity contribution in [3.05, 3.63) is 85.1 Å². The van der Waals surface area contributed by atoms with E-state index in [2.05, 4.69) is 92.1 Å². The summed E-state index contributed by atoms with van der Waals surface area (Å²) < 4.78 is 22.8. The van der Waals surface area contributed by atoms with Crippen LogP contribution in [0.4, 0.5) is 0 Å². The average molecular weight is 1140 g/mol. The Hall–Kier alpha value is -2.83. The van der Waals surface area contributed by atoms with E-state index in [1.165, 1.54) is 135 Å². The van der Waals surface area contributed by atoms with E-state index in [1.807, 2.05) is 6.08 Å². The molecule has 0 spiro atoms. The van der Waals surface area contributed by atoms with Crippen LogP contribution in [-0.4, -0.2) is 140 Å². The van der Waals surface area contributed by atoms with Gasteiger partial charge in [0.05, 0.1) is 32.0 Å². The van der Waals surface area contributed by atoms with Gasteiger partial charge in [0.1, 0.15) is 48.8 Å². The molecule has 1 amide bonds. The van der Waals surface area contributed by atoms with Gasteiger partial charge in [-0.15, -0.1) is 0 Å². The minimum Gasteiger partial charge on any atom is -0.394 e. The zero-order chi connectivity index (χ0) is 58.8. The normalized spacial score (nSPS) is 24.7. The van der Waals surface area contributed by atoms with E-state index < -0.39 is 86.8 Å². The van der Waals surface area contributed by atoms with Crippen LogP contribution in [0.5, 0.6) is 0 Å². The number of amides is 1. The van der Waals surface area contributed by atoms with Crippen LogP contribution >= 0.6 is 0 Å². The molecule has 14 nitrogen and oxygen atoms in total. The number of ether oxygens (including phenoxy) is 4. The number of carbonyl (C=O) groups excluding carboxylic acids is 1. The fourth-order valence-electron chi connectivity index (χ4n) is 10.2. The zero-order valence-corrected chi connectivity index (χ0v) is 50.5. The Morgan fingerprint density at radius 2 is 0.864 bits per heavy atom. The number of hydrogen-bond acceptors (Lipinski definition) is 13. The van der Waals surface area contributed by atoms with Crippen molar-refractivity contribution in [2.45, 2.75) is 312 Å². The molecule has 0 aliphatic carbocycles. The minimum absolute atomic E-state index is 0.257. The number of nitrogens with one attached hydrogen (secondary N) is 1. The summed E-state index contributed by atoms with van der Waals surface area (Å²) >= 11 is 0. The molecule has 0 radical (unpaired) electrons. The molecule has 81 heavy (non-hydrogen) atoms. The van der Waals surface area contributed by atoms with Crippen molar-refractivity contribution in [3.63, 3.8) is 0 Å². The molecule has 12 unspecified atom stereocenters. The predicted molar refractivity (Wildman–Crippen MR) is 327 cm³/mol. The number of aliphatic hydroxyl groups excluding tert-OH is 8. The Morgan fingerprint density at radius 1 is 0.457 bits per heavy atom. The van der Waals surface area contributed by atoms with Crippen molar-refractivity contribution in [3.8, 4) is 0 Å². The minimum atomic E-state index is -1.80. The first-order chi connectivity index (χ1) is 39.6. The van der Waals surface area contributed by atoms with Crippen LogP contribution in [0.1, 0.15) is 239 Å². The molecule has 2 saturated heterocycles. The number of hydrogen-bond donors (Lipinski definition) is 9. The van der Waals surface area contributed by atoms with E-state index >= 15 is 0 Å². The zero-order valence-electron chi connectivity index (χ0n) is 50.5. The third kappa shape index (κ3) is 36.6. The lowest BCUT2D eigenvalue weighted by Crippen LogP contribution is -2.65. The maximum atomic E-state index is 13.3. The smallest absolute Gasteiger partial charge is 0.220 e. The van der Waals surface area contributed by atoms with E-state index in [0.29, 0.717) is 12.8 Å². The van der Waals surface area contributed by atoms with E-state index in [0.717, 1.165) is 70.6 Å². The van der Waals surface area contributed by atoms with E-state index in [-0.39, 0.29) is 18.9 Å². The number of allylic oxidation sites excluding steroid dienone is 13. The van der Waals surface area contributed by atoms with Gasteiger partial charge in [-0.1, -0.05) is 240 Å². The van der Waals surface area contributed by atoms with Gasteiger partial charge in [-0.2, -0.15) is 0 Å². The molecule has 0 saturated carbocycles. The average Bonchev–Trinajstić information content (AvgIpc) is 3.47. The lowest BCUT2D eigenvalue weighted by atomic mass is 9.97. The molecular weight excluding hydrogens is 1030 g/mol. The summed E-state index contributed by atoms with van der Waals surface area (Å²) in [5, 5.41) is 87.3. The molecule has 468 valence electrons. The first-order valence-corrected chi connectivity index (χ1v) is 32.3. The van der Waals surface area contributed by atoms with Gasteiger partial charge in [-0.05, 0) is 77.0 Å². The summed E-state index contributed by atoms with van der Waals surface area (Å²) in [6.45, 7) is 2.67. The maximum absolute atomic E-state index is 13.3. The first-order valence-electron chi connectivity index (χ1n) is 32.3. The Labute approximate surface area is 491 Å². The fraction of sp³-hybridized carbons (Fsp3) is 0.776. The highest BCUT2D eigenvalue weighted by molar-refractivity contribution is 5.76. The maximum Gasteiger partial charge on any atom is 0.220 e. The summed E-state index contributed by atoms with van der Waals surface area (Å²) in [5.41, 5.74) is 0. The highest BCUT2D eigenvalue weighted by Gasteiger charge is 2.51. The molecular formula is C67H117NO13. The second kappa shape index (κ2) is 51.6. The third-order valence-electron chi connectivity index (χ3n) is 15.3. The molecule has 2 aliphatic rings. The predicted octanol–water partition coefficient (Wildman–Crippen LogP) is 12.1. The summed E-state index contributed by atoms with van der Waals surface area (Å²) in [4.78, 5) is 13.3. The van der Waals surface area contributed by atoms with Crippen LogP contribution < -0.4 is 5.32 Å². The second-order valence-corrected chi connectivity index (χ2v) is 22.5. The molecule has 2 aliphatic heterocycles. The van der Waals surface area contributed by atoms with E-state index in [9.17, 15) is 45.6 Å². The topological polar surface area (TPSA) is 228 Å². The largest absolute Gasteiger partial charge is 0.394 e. The van der Waals surface area contributed by atoms with Crippen LogP contribution in [0.2, 0.25) is 0 Å². The summed E-state index contributed by atoms with van der Waals surface area (Å²) in [7, 11) is 0. The van der Waals surface area contributed by atoms with Gasteiger partial charge in [0.15, 0.2) is 12.6 Å². The monoisotopic (exact) mass is 1140 g/mol. The summed E-state index contributed by atoms with van der Waals surface area (Å²) in [5.74, 6) is -0.257. The molecule has 2 rings (SSSR count). The highest BCUT2D eigenvalue weighted by atomic mass is 16.7. The summed E-state index contributed by atoms with van der Waals surface area (Å²) in [6, 6.07) is -0.941. The number of carbonyl (C=O) groups is 1. The van der Waals surface area contributed by atoms with Crippen LogP contribution in [0.25, 0.3) is 0 Å². The standard InChI is InChI=1S/C67H117NO13/c1-3-5-7-9-11-13-15-17-19-21-23-25-27-28-29-31-33-35-37-39-41-43-45-47-49-51-59(72)68-55(54-78-66-64(77)62(75)65(58(53-70)80-66)81-67-63(76)61(74)60(73)57(52-69)79-67)56(71)50-48-46-44-42-40-38-36-34-32-30-26-24-22-20-18-16-14-12-10-8-6-4-2/h5,7,11,13,17,19,23,25,28-29,40,42,48,50,55-58,60-67,69-71,73-77H,3-4,6,8-10,12,14-16,18,20-22,24,26-27,30-39,41,43-47,49,51-54H2,1-2H3,(H,68,72)/b7-5-,13-11-,19-17-,25-23-,29-28-,42-40+,50-48+.